The van der Waals surface area contributed by atoms with Crippen LogP contribution >= 0.6 is 22.7 Å². The molecule has 9 rings (SSSR count). The molecule has 0 unspecified atom stereocenters. The van der Waals surface area contributed by atoms with Gasteiger partial charge in [0.05, 0.1) is 18.4 Å². The maximum Gasteiger partial charge on any atom is 0.410 e. The van der Waals surface area contributed by atoms with Crippen molar-refractivity contribution in [1.82, 2.24) is 44.1 Å². The van der Waals surface area contributed by atoms with Gasteiger partial charge in [0, 0.05) is 6.54 Å². The molecular formula is C34H33N9O6S2. The number of ether oxygens (including phenoxy) is 2. The van der Waals surface area contributed by atoms with Gasteiger partial charge in [-0.15, -0.1) is 0 Å². The van der Waals surface area contributed by atoms with E-state index in [9.17, 15) is 9.90 Å². The molecule has 6 aromatic heterocycles. The highest BCUT2D eigenvalue weighted by molar-refractivity contribution is 7.16. The summed E-state index contributed by atoms with van der Waals surface area (Å²) >= 11 is 3.01. The summed E-state index contributed by atoms with van der Waals surface area (Å²) in [6.07, 6.45) is 5.07. The molecule has 0 radical (unpaired) electrons. The van der Waals surface area contributed by atoms with Crippen molar-refractivity contribution in [1.29, 1.82) is 0 Å². The zero-order valence-electron chi connectivity index (χ0n) is 28.4. The fourth-order valence-corrected chi connectivity index (χ4v) is 7.20. The number of phenols is 1. The molecule has 1 aliphatic heterocycles. The Labute approximate surface area is 298 Å². The Hall–Kier alpha value is -5.55. The number of oxazole rings is 2. The summed E-state index contributed by atoms with van der Waals surface area (Å²) in [7, 11) is 0. The molecule has 1 aliphatic rings. The number of aromatic hydroxyl groups is 1. The quantitative estimate of drug-likeness (QED) is 0.188. The van der Waals surface area contributed by atoms with Crippen LogP contribution in [0.1, 0.15) is 43.6 Å². The number of hydrogen-bond acceptors (Lipinski definition) is 14. The summed E-state index contributed by atoms with van der Waals surface area (Å²) in [5.41, 5.74) is 2.93. The van der Waals surface area contributed by atoms with E-state index in [1.807, 2.05) is 52.8 Å². The van der Waals surface area contributed by atoms with Gasteiger partial charge >= 0.3 is 6.09 Å². The van der Waals surface area contributed by atoms with Crippen molar-refractivity contribution in [3.63, 3.8) is 0 Å². The number of aryl methyl sites for hydroxylation is 2. The molecule has 8 aromatic rings. The highest BCUT2D eigenvalue weighted by atomic mass is 32.1. The maximum atomic E-state index is 12.5. The number of amides is 1. The molecule has 0 saturated carbocycles. The smallest absolute Gasteiger partial charge is 0.410 e. The van der Waals surface area contributed by atoms with Crippen LogP contribution < -0.4 is 4.74 Å². The zero-order chi connectivity index (χ0) is 35.4. The largest absolute Gasteiger partial charge is 0.506 e. The van der Waals surface area contributed by atoms with E-state index < -0.39 is 5.60 Å². The van der Waals surface area contributed by atoms with Crippen LogP contribution in [0.3, 0.4) is 0 Å². The number of imidazole rings is 2. The first-order valence-corrected chi connectivity index (χ1v) is 17.9. The topological polar surface area (TPSA) is 171 Å². The number of aromatic nitrogens is 8. The molecule has 1 fully saturated rings. The number of benzene rings is 2. The van der Waals surface area contributed by atoms with Gasteiger partial charge in [-0.1, -0.05) is 34.8 Å². The SMILES string of the molecule is Cc1nn2cc(-c3nc4c(O)cccc4o3)nc2s1.Cc1nn2cc(-c3nc4c(OC[C@@H]5CCCN5C(=O)OC(C)(C)C)cccc4o3)nc2s1. The molecule has 1 amide bonds. The monoisotopic (exact) mass is 727 g/mol. The van der Waals surface area contributed by atoms with Crippen LogP contribution in [-0.4, -0.2) is 80.1 Å². The second-order valence-corrected chi connectivity index (χ2v) is 15.3. The average molecular weight is 728 g/mol. The number of phenolic OH excluding ortho intramolecular Hbond substituents is 1. The van der Waals surface area contributed by atoms with E-state index in [4.69, 9.17) is 18.3 Å². The van der Waals surface area contributed by atoms with Crippen molar-refractivity contribution in [2.75, 3.05) is 13.2 Å². The fourth-order valence-electron chi connectivity index (χ4n) is 5.75. The number of nitrogens with zero attached hydrogens (tertiary/aromatic N) is 9. The number of fused-ring (bicyclic) bond motifs is 4. The van der Waals surface area contributed by atoms with Crippen LogP contribution in [-0.2, 0) is 4.74 Å². The van der Waals surface area contributed by atoms with E-state index in [2.05, 4.69) is 30.1 Å². The number of likely N-dealkylation sites (tertiary alicyclic amines) is 1. The summed E-state index contributed by atoms with van der Waals surface area (Å²) < 4.78 is 26.6. The van der Waals surface area contributed by atoms with Crippen LogP contribution in [0.4, 0.5) is 4.79 Å². The predicted molar refractivity (Wildman–Crippen MR) is 190 cm³/mol. The van der Waals surface area contributed by atoms with Crippen LogP contribution in [0.2, 0.25) is 0 Å². The summed E-state index contributed by atoms with van der Waals surface area (Å²) in [5, 5.41) is 20.3. The van der Waals surface area contributed by atoms with Gasteiger partial charge in [0.15, 0.2) is 22.2 Å². The van der Waals surface area contributed by atoms with Crippen molar-refractivity contribution in [2.45, 2.75) is 59.1 Å². The third-order valence-corrected chi connectivity index (χ3v) is 9.62. The lowest BCUT2D eigenvalue weighted by atomic mass is 10.2. The van der Waals surface area contributed by atoms with E-state index in [1.165, 1.54) is 22.7 Å². The van der Waals surface area contributed by atoms with Gasteiger partial charge in [0.1, 0.15) is 45.1 Å². The minimum atomic E-state index is -0.524. The van der Waals surface area contributed by atoms with E-state index in [0.717, 1.165) is 32.8 Å². The number of carbonyl (C=O) groups excluding carboxylic acids is 1. The Bertz CT molecular complexity index is 2470. The molecule has 1 atom stereocenters. The Kier molecular flexibility index (Phi) is 8.10. The van der Waals surface area contributed by atoms with E-state index in [1.54, 1.807) is 44.5 Å². The van der Waals surface area contributed by atoms with Crippen molar-refractivity contribution in [3.05, 3.63) is 58.8 Å². The van der Waals surface area contributed by atoms with Gasteiger partial charge in [0.25, 0.3) is 0 Å². The highest BCUT2D eigenvalue weighted by Crippen LogP contribution is 2.32. The molecule has 51 heavy (non-hydrogen) atoms. The van der Waals surface area contributed by atoms with E-state index >= 15 is 0 Å². The summed E-state index contributed by atoms with van der Waals surface area (Å²) in [6, 6.07) is 10.6. The third kappa shape index (κ3) is 6.57. The normalized spacial score (nSPS) is 14.9. The lowest BCUT2D eigenvalue weighted by Crippen LogP contribution is -2.42. The van der Waals surface area contributed by atoms with E-state index in [-0.39, 0.29) is 17.9 Å². The molecule has 2 aromatic carbocycles. The standard InChI is InChI=1S/C22H25N5O4S.C12H8N4O2S/c1-13-25-27-11-15(23-20(27)32-13)19-24-18-16(8-5-9-17(18)30-19)29-12-14-7-6-10-26(14)21(28)31-22(2,3)4;1-6-15-16-5-7(13-12(16)19-6)11-14-10-8(17)3-2-4-9(10)18-11/h5,8-9,11,14H,6-7,10,12H2,1-4H3;2-5,17H,1H3/t14-;/m0./s1. The molecule has 0 spiro atoms. The van der Waals surface area contributed by atoms with Gasteiger partial charge in [-0.3, -0.25) is 0 Å². The third-order valence-electron chi connectivity index (χ3n) is 7.94. The summed E-state index contributed by atoms with van der Waals surface area (Å²) in [5.74, 6) is 1.51. The number of para-hydroxylation sites is 2. The Balaban J connectivity index is 0.000000166. The van der Waals surface area contributed by atoms with Crippen LogP contribution in [0, 0.1) is 13.8 Å². The zero-order valence-corrected chi connectivity index (χ0v) is 30.0. The number of carbonyl (C=O) groups is 1. The molecule has 0 aliphatic carbocycles. The fraction of sp³-hybridized carbons (Fsp3) is 0.324. The number of rotatable bonds is 5. The Morgan fingerprint density at radius 2 is 1.47 bits per heavy atom. The highest BCUT2D eigenvalue weighted by Gasteiger charge is 2.33. The van der Waals surface area contributed by atoms with Gasteiger partial charge in [-0.05, 0) is 71.7 Å². The van der Waals surface area contributed by atoms with Gasteiger partial charge in [0.2, 0.25) is 21.7 Å². The number of hydrogen-bond donors (Lipinski definition) is 1. The first-order chi connectivity index (χ1) is 24.5. The molecule has 7 heterocycles. The minimum Gasteiger partial charge on any atom is -0.506 e. The first kappa shape index (κ1) is 32.6. The van der Waals surface area contributed by atoms with E-state index in [0.29, 0.717) is 64.3 Å². The van der Waals surface area contributed by atoms with Gasteiger partial charge in [-0.25, -0.2) is 33.8 Å². The lowest BCUT2D eigenvalue weighted by molar-refractivity contribution is 0.0188. The summed E-state index contributed by atoms with van der Waals surface area (Å²) in [4.78, 5) is 33.7. The van der Waals surface area contributed by atoms with Gasteiger partial charge in [-0.2, -0.15) is 10.2 Å². The van der Waals surface area contributed by atoms with Crippen molar-refractivity contribution in [2.24, 2.45) is 0 Å². The second kappa shape index (κ2) is 12.6. The van der Waals surface area contributed by atoms with Crippen LogP contribution in [0.5, 0.6) is 11.5 Å². The minimum absolute atomic E-state index is 0.0410. The molecule has 15 nitrogen and oxygen atoms in total. The Morgan fingerprint density at radius 1 is 0.882 bits per heavy atom. The van der Waals surface area contributed by atoms with Crippen molar-refractivity contribution >= 4 is 60.9 Å². The van der Waals surface area contributed by atoms with Crippen molar-refractivity contribution in [3.8, 4) is 34.7 Å². The summed E-state index contributed by atoms with van der Waals surface area (Å²) in [6.45, 7) is 10.5. The second-order valence-electron chi connectivity index (χ2n) is 13.0. The predicted octanol–water partition coefficient (Wildman–Crippen LogP) is 7.30. The van der Waals surface area contributed by atoms with Crippen LogP contribution in [0.25, 0.3) is 55.3 Å². The maximum absolute atomic E-state index is 12.5. The first-order valence-electron chi connectivity index (χ1n) is 16.2. The average Bonchev–Trinajstić information content (AvgIpc) is 3.90. The molecule has 1 saturated heterocycles. The van der Waals surface area contributed by atoms with Gasteiger partial charge < -0.3 is 28.3 Å². The lowest BCUT2D eigenvalue weighted by Gasteiger charge is -2.28. The Morgan fingerprint density at radius 3 is 2.06 bits per heavy atom. The van der Waals surface area contributed by atoms with Crippen LogP contribution in [0.15, 0.2) is 57.6 Å². The molecule has 17 heteroatoms. The molecule has 262 valence electrons. The molecule has 1 N–H and O–H groups in total. The van der Waals surface area contributed by atoms with Crippen molar-refractivity contribution < 1.29 is 28.2 Å². The molecule has 0 bridgehead atoms. The molecular weight excluding hydrogens is 695 g/mol.